The summed E-state index contributed by atoms with van der Waals surface area (Å²) in [6.07, 6.45) is 5.16. The zero-order valence-electron chi connectivity index (χ0n) is 6.09. The van der Waals surface area contributed by atoms with Crippen LogP contribution >= 0.6 is 11.3 Å². The molecular formula is C8H9NS. The number of thiazole rings is 1. The lowest BCUT2D eigenvalue weighted by Gasteiger charge is -1.94. The van der Waals surface area contributed by atoms with Gasteiger partial charge in [0.25, 0.3) is 0 Å². The molecule has 2 heteroatoms. The van der Waals surface area contributed by atoms with E-state index in [1.807, 2.05) is 5.38 Å². The normalized spacial score (nSPS) is 9.80. The zero-order chi connectivity index (χ0) is 7.56. The van der Waals surface area contributed by atoms with Crippen molar-refractivity contribution in [3.63, 3.8) is 0 Å². The Kier molecular flexibility index (Phi) is 2.08. The predicted octanol–water partition coefficient (Wildman–Crippen LogP) is 2.25. The fourth-order valence-electron chi connectivity index (χ4n) is 0.619. The minimum absolute atomic E-state index is 0.493. The molecule has 0 amide bonds. The predicted molar refractivity (Wildman–Crippen MR) is 44.1 cm³/mol. The monoisotopic (exact) mass is 151 g/mol. The van der Waals surface area contributed by atoms with Crippen LogP contribution in [-0.4, -0.2) is 4.98 Å². The maximum atomic E-state index is 5.16. The highest BCUT2D eigenvalue weighted by atomic mass is 32.1. The summed E-state index contributed by atoms with van der Waals surface area (Å²) >= 11 is 1.63. The average molecular weight is 151 g/mol. The van der Waals surface area contributed by atoms with Gasteiger partial charge in [-0.1, -0.05) is 13.8 Å². The van der Waals surface area contributed by atoms with E-state index in [1.54, 1.807) is 11.3 Å². The molecule has 0 aliphatic rings. The Hall–Kier alpha value is -0.810. The fourth-order valence-corrected chi connectivity index (χ4v) is 1.40. The summed E-state index contributed by atoms with van der Waals surface area (Å²) in [5, 5.41) is 3.03. The first kappa shape index (κ1) is 7.30. The SMILES string of the molecule is C#Cc1csc(C(C)C)n1. The minimum Gasteiger partial charge on any atom is -0.232 e. The molecule has 0 N–H and O–H groups in total. The van der Waals surface area contributed by atoms with Crippen LogP contribution in [0.2, 0.25) is 0 Å². The van der Waals surface area contributed by atoms with E-state index >= 15 is 0 Å². The Morgan fingerprint density at radius 3 is 2.70 bits per heavy atom. The van der Waals surface area contributed by atoms with E-state index in [4.69, 9.17) is 6.42 Å². The van der Waals surface area contributed by atoms with E-state index in [0.717, 1.165) is 10.7 Å². The minimum atomic E-state index is 0.493. The number of terminal acetylenes is 1. The van der Waals surface area contributed by atoms with Gasteiger partial charge >= 0.3 is 0 Å². The van der Waals surface area contributed by atoms with Crippen LogP contribution in [-0.2, 0) is 0 Å². The van der Waals surface area contributed by atoms with Gasteiger partial charge < -0.3 is 0 Å². The van der Waals surface area contributed by atoms with Crippen LogP contribution < -0.4 is 0 Å². The van der Waals surface area contributed by atoms with Gasteiger partial charge in [-0.2, -0.15) is 0 Å². The molecule has 1 heterocycles. The van der Waals surface area contributed by atoms with Crippen LogP contribution in [0.25, 0.3) is 0 Å². The number of hydrogen-bond donors (Lipinski definition) is 0. The molecule has 1 nitrogen and oxygen atoms in total. The molecule has 10 heavy (non-hydrogen) atoms. The summed E-state index contributed by atoms with van der Waals surface area (Å²) in [5.41, 5.74) is 0.758. The molecule has 1 aromatic rings. The molecule has 0 unspecified atom stereocenters. The molecule has 0 saturated carbocycles. The van der Waals surface area contributed by atoms with Crippen LogP contribution in [0.3, 0.4) is 0 Å². The summed E-state index contributed by atoms with van der Waals surface area (Å²) < 4.78 is 0. The second-order valence-electron chi connectivity index (χ2n) is 2.37. The van der Waals surface area contributed by atoms with Crippen molar-refractivity contribution >= 4 is 11.3 Å². The van der Waals surface area contributed by atoms with Crippen molar-refractivity contribution in [2.45, 2.75) is 19.8 Å². The van der Waals surface area contributed by atoms with Crippen molar-refractivity contribution in [3.8, 4) is 12.3 Å². The first-order chi connectivity index (χ1) is 4.74. The molecule has 1 rings (SSSR count). The summed E-state index contributed by atoms with van der Waals surface area (Å²) in [5.74, 6) is 2.99. The van der Waals surface area contributed by atoms with Crippen molar-refractivity contribution in [3.05, 3.63) is 16.1 Å². The van der Waals surface area contributed by atoms with Crippen molar-refractivity contribution in [2.24, 2.45) is 0 Å². The highest BCUT2D eigenvalue weighted by Crippen LogP contribution is 2.18. The van der Waals surface area contributed by atoms with Crippen LogP contribution in [0, 0.1) is 12.3 Å². The summed E-state index contributed by atoms with van der Waals surface area (Å²) in [4.78, 5) is 4.21. The molecule has 0 aliphatic heterocycles. The van der Waals surface area contributed by atoms with E-state index < -0.39 is 0 Å². The van der Waals surface area contributed by atoms with E-state index in [2.05, 4.69) is 24.8 Å². The first-order valence-electron chi connectivity index (χ1n) is 3.16. The molecule has 0 saturated heterocycles. The maximum Gasteiger partial charge on any atom is 0.124 e. The second-order valence-corrected chi connectivity index (χ2v) is 3.26. The molecule has 52 valence electrons. The van der Waals surface area contributed by atoms with Gasteiger partial charge in [0.2, 0.25) is 0 Å². The van der Waals surface area contributed by atoms with Gasteiger partial charge in [-0.05, 0) is 5.92 Å². The topological polar surface area (TPSA) is 12.9 Å². The average Bonchev–Trinajstić information content (AvgIpc) is 2.34. The Morgan fingerprint density at radius 1 is 1.70 bits per heavy atom. The second kappa shape index (κ2) is 2.85. The molecule has 0 atom stereocenters. The number of aromatic nitrogens is 1. The van der Waals surface area contributed by atoms with Crippen molar-refractivity contribution in [1.82, 2.24) is 4.98 Å². The van der Waals surface area contributed by atoms with Gasteiger partial charge in [0, 0.05) is 11.3 Å². The lowest BCUT2D eigenvalue weighted by atomic mass is 10.2. The molecule has 0 bridgehead atoms. The van der Waals surface area contributed by atoms with E-state index in [0.29, 0.717) is 5.92 Å². The van der Waals surface area contributed by atoms with Crippen LogP contribution in [0.1, 0.15) is 30.5 Å². The van der Waals surface area contributed by atoms with E-state index in [1.165, 1.54) is 0 Å². The van der Waals surface area contributed by atoms with Crippen molar-refractivity contribution in [2.75, 3.05) is 0 Å². The third-order valence-corrected chi connectivity index (χ3v) is 2.31. The Labute approximate surface area is 65.1 Å². The van der Waals surface area contributed by atoms with Gasteiger partial charge in [-0.25, -0.2) is 4.98 Å². The molecule has 0 fully saturated rings. The summed E-state index contributed by atoms with van der Waals surface area (Å²) in [6.45, 7) is 4.22. The van der Waals surface area contributed by atoms with Gasteiger partial charge in [0.05, 0.1) is 5.01 Å². The smallest absolute Gasteiger partial charge is 0.124 e. The summed E-state index contributed by atoms with van der Waals surface area (Å²) in [6, 6.07) is 0. The fraction of sp³-hybridized carbons (Fsp3) is 0.375. The lowest BCUT2D eigenvalue weighted by Crippen LogP contribution is -1.84. The van der Waals surface area contributed by atoms with Crippen LogP contribution in [0.15, 0.2) is 5.38 Å². The number of nitrogens with zero attached hydrogens (tertiary/aromatic N) is 1. The molecule has 0 spiro atoms. The first-order valence-corrected chi connectivity index (χ1v) is 4.04. The van der Waals surface area contributed by atoms with Gasteiger partial charge in [-0.3, -0.25) is 0 Å². The Morgan fingerprint density at radius 2 is 2.40 bits per heavy atom. The number of hydrogen-bond acceptors (Lipinski definition) is 2. The maximum absolute atomic E-state index is 5.16. The standard InChI is InChI=1S/C8H9NS/c1-4-7-5-10-8(9-7)6(2)3/h1,5-6H,2-3H3. The van der Waals surface area contributed by atoms with E-state index in [9.17, 15) is 0 Å². The zero-order valence-corrected chi connectivity index (χ0v) is 6.90. The van der Waals surface area contributed by atoms with Gasteiger partial charge in [0.15, 0.2) is 0 Å². The van der Waals surface area contributed by atoms with Crippen LogP contribution in [0.5, 0.6) is 0 Å². The molecular weight excluding hydrogens is 142 g/mol. The lowest BCUT2D eigenvalue weighted by molar-refractivity contribution is 0.851. The highest BCUT2D eigenvalue weighted by Gasteiger charge is 2.02. The van der Waals surface area contributed by atoms with Crippen molar-refractivity contribution < 1.29 is 0 Å². The number of rotatable bonds is 1. The van der Waals surface area contributed by atoms with Crippen molar-refractivity contribution in [1.29, 1.82) is 0 Å². The van der Waals surface area contributed by atoms with Crippen LogP contribution in [0.4, 0.5) is 0 Å². The van der Waals surface area contributed by atoms with Gasteiger partial charge in [0.1, 0.15) is 5.69 Å². The Bertz CT molecular complexity index is 254. The van der Waals surface area contributed by atoms with Gasteiger partial charge in [-0.15, -0.1) is 17.8 Å². The highest BCUT2D eigenvalue weighted by molar-refractivity contribution is 7.09. The summed E-state index contributed by atoms with van der Waals surface area (Å²) in [7, 11) is 0. The Balaban J connectivity index is 2.91. The molecule has 0 aromatic carbocycles. The quantitative estimate of drug-likeness (QED) is 0.561. The third kappa shape index (κ3) is 1.37. The largest absolute Gasteiger partial charge is 0.232 e. The molecule has 0 radical (unpaired) electrons. The molecule has 0 aliphatic carbocycles. The molecule has 1 aromatic heterocycles. The third-order valence-electron chi connectivity index (χ3n) is 1.16. The van der Waals surface area contributed by atoms with E-state index in [-0.39, 0.29) is 0 Å².